The van der Waals surface area contributed by atoms with Gasteiger partial charge >= 0.3 is 0 Å². The molecule has 5 nitrogen and oxygen atoms in total. The van der Waals surface area contributed by atoms with Crippen molar-refractivity contribution in [2.75, 3.05) is 13.6 Å². The molecule has 0 amide bonds. The lowest BCUT2D eigenvalue weighted by Gasteiger charge is -2.10. The predicted molar refractivity (Wildman–Crippen MR) is 118 cm³/mol. The van der Waals surface area contributed by atoms with Crippen molar-refractivity contribution >= 4 is 47.3 Å². The number of aromatic nitrogens is 2. The van der Waals surface area contributed by atoms with Crippen LogP contribution in [0.15, 0.2) is 41.4 Å². The number of rotatable bonds is 7. The van der Waals surface area contributed by atoms with Crippen molar-refractivity contribution in [3.8, 4) is 10.9 Å². The van der Waals surface area contributed by atoms with Gasteiger partial charge in [-0.05, 0) is 49.2 Å². The predicted octanol–water partition coefficient (Wildman–Crippen LogP) is 6.21. The van der Waals surface area contributed by atoms with E-state index in [-0.39, 0.29) is 5.82 Å². The fraction of sp³-hybridized carbons (Fsp3) is 0.190. The Morgan fingerprint density at radius 3 is 2.72 bits per heavy atom. The summed E-state index contributed by atoms with van der Waals surface area (Å²) in [6.45, 7) is 4.82. The number of aliphatic imine (C=N–C) groups is 1. The van der Waals surface area contributed by atoms with Crippen molar-refractivity contribution in [1.29, 1.82) is 0 Å². The molecule has 0 N–H and O–H groups in total. The van der Waals surface area contributed by atoms with Crippen LogP contribution in [-0.2, 0) is 0 Å². The van der Waals surface area contributed by atoms with Crippen molar-refractivity contribution in [2.24, 2.45) is 4.99 Å². The maximum Gasteiger partial charge on any atom is 0.299 e. The Hall–Kier alpha value is -2.77. The summed E-state index contributed by atoms with van der Waals surface area (Å²) in [5, 5.41) is 0.900. The van der Waals surface area contributed by atoms with Crippen molar-refractivity contribution < 1.29 is 9.13 Å². The Kier molecular flexibility index (Phi) is 6.95. The van der Waals surface area contributed by atoms with Crippen molar-refractivity contribution in [2.45, 2.75) is 13.8 Å². The third-order valence-corrected chi connectivity index (χ3v) is 4.96. The average molecular weight is 431 g/mol. The molecule has 2 aromatic carbocycles. The van der Waals surface area contributed by atoms with Crippen LogP contribution in [-0.4, -0.2) is 34.2 Å². The SMILES string of the molecule is CCN(C)C=Nc1cc(C)c(Oc2nc(/C=C/c3ccc(F)cc3)ns2)cc1Cl. The minimum absolute atomic E-state index is 0.271. The van der Waals surface area contributed by atoms with Crippen LogP contribution in [0.5, 0.6) is 10.9 Å². The van der Waals surface area contributed by atoms with E-state index in [1.807, 2.05) is 37.9 Å². The topological polar surface area (TPSA) is 50.6 Å². The van der Waals surface area contributed by atoms with Gasteiger partial charge in [0.15, 0.2) is 5.82 Å². The molecule has 0 radical (unpaired) electrons. The van der Waals surface area contributed by atoms with Crippen LogP contribution in [0.2, 0.25) is 5.02 Å². The zero-order valence-electron chi connectivity index (χ0n) is 16.3. The molecule has 0 bridgehead atoms. The summed E-state index contributed by atoms with van der Waals surface area (Å²) >= 11 is 7.49. The molecule has 0 aliphatic carbocycles. The molecule has 0 aliphatic rings. The standard InChI is InChI=1S/C21H20ClFN4OS/c1-4-27(3)13-24-18-11-14(2)19(12-17(18)22)28-21-25-20(26-29-21)10-7-15-5-8-16(23)9-6-15/h5-13H,4H2,1-3H3/b10-7+,24-13?. The lowest BCUT2D eigenvalue weighted by Crippen LogP contribution is -2.14. The van der Waals surface area contributed by atoms with Crippen molar-refractivity contribution in [3.63, 3.8) is 0 Å². The molecule has 0 unspecified atom stereocenters. The van der Waals surface area contributed by atoms with Gasteiger partial charge in [-0.15, -0.1) is 0 Å². The van der Waals surface area contributed by atoms with Crippen LogP contribution < -0.4 is 4.74 Å². The molecule has 3 rings (SSSR count). The van der Waals surface area contributed by atoms with Gasteiger partial charge in [0.05, 0.1) is 17.0 Å². The fourth-order valence-corrected chi connectivity index (χ4v) is 3.00. The second-order valence-corrected chi connectivity index (χ2v) is 7.41. The van der Waals surface area contributed by atoms with Crippen LogP contribution in [0.4, 0.5) is 10.1 Å². The fourth-order valence-electron chi connectivity index (χ4n) is 2.27. The first kappa shape index (κ1) is 21.0. The van der Waals surface area contributed by atoms with Crippen LogP contribution in [0, 0.1) is 12.7 Å². The highest BCUT2D eigenvalue weighted by Crippen LogP contribution is 2.35. The first-order valence-electron chi connectivity index (χ1n) is 8.94. The molecule has 0 atom stereocenters. The van der Waals surface area contributed by atoms with Crippen LogP contribution >= 0.6 is 23.1 Å². The minimum Gasteiger partial charge on any atom is -0.430 e. The third-order valence-electron chi connectivity index (χ3n) is 4.05. The molecule has 0 fully saturated rings. The van der Waals surface area contributed by atoms with Gasteiger partial charge in [0.25, 0.3) is 5.19 Å². The largest absolute Gasteiger partial charge is 0.430 e. The van der Waals surface area contributed by atoms with Crippen molar-refractivity contribution in [1.82, 2.24) is 14.3 Å². The molecule has 0 spiro atoms. The summed E-state index contributed by atoms with van der Waals surface area (Å²) in [5.74, 6) is 0.845. The summed E-state index contributed by atoms with van der Waals surface area (Å²) in [4.78, 5) is 10.7. The summed E-state index contributed by atoms with van der Waals surface area (Å²) in [6.07, 6.45) is 5.30. The van der Waals surface area contributed by atoms with Gasteiger partial charge in [0, 0.05) is 31.2 Å². The van der Waals surface area contributed by atoms with E-state index in [2.05, 4.69) is 14.3 Å². The molecule has 0 saturated carbocycles. The molecule has 29 heavy (non-hydrogen) atoms. The smallest absolute Gasteiger partial charge is 0.299 e. The molecule has 150 valence electrons. The Balaban J connectivity index is 1.71. The molecule has 1 aromatic heterocycles. The number of halogens is 2. The lowest BCUT2D eigenvalue weighted by atomic mass is 10.2. The number of benzene rings is 2. The second kappa shape index (κ2) is 9.62. The molecule has 0 saturated heterocycles. The number of ether oxygens (including phenoxy) is 1. The Morgan fingerprint density at radius 1 is 1.24 bits per heavy atom. The third kappa shape index (κ3) is 5.85. The monoisotopic (exact) mass is 430 g/mol. The quantitative estimate of drug-likeness (QED) is 0.330. The Bertz CT molecular complexity index is 1030. The van der Waals surface area contributed by atoms with Gasteiger partial charge in [0.1, 0.15) is 11.6 Å². The first-order chi connectivity index (χ1) is 13.9. The molecule has 0 aliphatic heterocycles. The van der Waals surface area contributed by atoms with E-state index in [9.17, 15) is 4.39 Å². The second-order valence-electron chi connectivity index (χ2n) is 6.29. The zero-order chi connectivity index (χ0) is 20.8. The highest BCUT2D eigenvalue weighted by atomic mass is 35.5. The first-order valence-corrected chi connectivity index (χ1v) is 10.1. The van der Waals surface area contributed by atoms with Gasteiger partial charge in [-0.3, -0.25) is 0 Å². The minimum atomic E-state index is -0.271. The van der Waals surface area contributed by atoms with Gasteiger partial charge in [-0.2, -0.15) is 9.36 Å². The highest BCUT2D eigenvalue weighted by Gasteiger charge is 2.10. The van der Waals surface area contributed by atoms with Crippen molar-refractivity contribution in [3.05, 3.63) is 64.2 Å². The molecular formula is C21H20ClFN4OS. The van der Waals surface area contributed by atoms with Gasteiger partial charge < -0.3 is 9.64 Å². The maximum absolute atomic E-state index is 13.0. The molecular weight excluding hydrogens is 411 g/mol. The zero-order valence-corrected chi connectivity index (χ0v) is 17.8. The summed E-state index contributed by atoms with van der Waals surface area (Å²) < 4.78 is 23.1. The van der Waals surface area contributed by atoms with E-state index in [1.165, 1.54) is 12.1 Å². The van der Waals surface area contributed by atoms with E-state index in [1.54, 1.807) is 30.6 Å². The number of aryl methyl sites for hydroxylation is 1. The molecule has 8 heteroatoms. The Labute approximate surface area is 178 Å². The van der Waals surface area contributed by atoms with E-state index < -0.39 is 0 Å². The normalized spacial score (nSPS) is 11.5. The molecule has 1 heterocycles. The van der Waals surface area contributed by atoms with E-state index in [4.69, 9.17) is 16.3 Å². The van der Waals surface area contributed by atoms with E-state index in [0.29, 0.717) is 27.5 Å². The summed E-state index contributed by atoms with van der Waals surface area (Å²) in [7, 11) is 1.94. The number of nitrogens with zero attached hydrogens (tertiary/aromatic N) is 4. The van der Waals surface area contributed by atoms with Crippen LogP contribution in [0.25, 0.3) is 12.2 Å². The lowest BCUT2D eigenvalue weighted by molar-refractivity contribution is 0.475. The maximum atomic E-state index is 13.0. The van der Waals surface area contributed by atoms with E-state index >= 15 is 0 Å². The highest BCUT2D eigenvalue weighted by molar-refractivity contribution is 7.07. The summed E-state index contributed by atoms with van der Waals surface area (Å²) in [5.41, 5.74) is 2.42. The molecule has 3 aromatic rings. The average Bonchev–Trinajstić information content (AvgIpc) is 3.16. The number of hydrogen-bond acceptors (Lipinski definition) is 5. The number of hydrogen-bond donors (Lipinski definition) is 0. The summed E-state index contributed by atoms with van der Waals surface area (Å²) in [6, 6.07) is 9.78. The Morgan fingerprint density at radius 2 is 2.00 bits per heavy atom. The van der Waals surface area contributed by atoms with Gasteiger partial charge in [-0.1, -0.05) is 29.8 Å². The van der Waals surface area contributed by atoms with Crippen LogP contribution in [0.3, 0.4) is 0 Å². The van der Waals surface area contributed by atoms with Gasteiger partial charge in [-0.25, -0.2) is 9.38 Å². The van der Waals surface area contributed by atoms with E-state index in [0.717, 1.165) is 29.2 Å². The van der Waals surface area contributed by atoms with Gasteiger partial charge in [0.2, 0.25) is 0 Å². The van der Waals surface area contributed by atoms with Crippen LogP contribution in [0.1, 0.15) is 23.9 Å².